The Balaban J connectivity index is 1.79. The van der Waals surface area contributed by atoms with Gasteiger partial charge >= 0.3 is 0 Å². The highest BCUT2D eigenvalue weighted by Crippen LogP contribution is 2.41. The first-order chi connectivity index (χ1) is 11.1. The summed E-state index contributed by atoms with van der Waals surface area (Å²) in [5, 5.41) is 2.88. The lowest BCUT2D eigenvalue weighted by Gasteiger charge is -2.28. The van der Waals surface area contributed by atoms with Gasteiger partial charge in [0.1, 0.15) is 17.5 Å². The number of carbonyl (C=O) groups is 1. The topological polar surface area (TPSA) is 80.9 Å². The number of nitrogens with one attached hydrogen (secondary N) is 1. The molecule has 120 valence electrons. The molecular formula is C17H19FN4O. The van der Waals surface area contributed by atoms with Gasteiger partial charge in [0, 0.05) is 6.20 Å². The zero-order valence-electron chi connectivity index (χ0n) is 12.8. The van der Waals surface area contributed by atoms with Gasteiger partial charge in [0.15, 0.2) is 0 Å². The van der Waals surface area contributed by atoms with Gasteiger partial charge in [0.2, 0.25) is 5.91 Å². The molecule has 1 aromatic heterocycles. The van der Waals surface area contributed by atoms with Crippen molar-refractivity contribution < 1.29 is 9.18 Å². The Morgan fingerprint density at radius 3 is 2.78 bits per heavy atom. The highest BCUT2D eigenvalue weighted by Gasteiger charge is 2.42. The molecule has 5 nitrogen and oxygen atoms in total. The largest absolute Gasteiger partial charge is 0.384 e. The van der Waals surface area contributed by atoms with Crippen LogP contribution in [-0.4, -0.2) is 15.9 Å². The molecule has 0 unspecified atom stereocenters. The number of nitrogen functional groups attached to an aromatic ring is 1. The number of aromatic nitrogens is 2. The van der Waals surface area contributed by atoms with Crippen LogP contribution in [0.2, 0.25) is 0 Å². The average molecular weight is 314 g/mol. The van der Waals surface area contributed by atoms with Gasteiger partial charge < -0.3 is 11.1 Å². The van der Waals surface area contributed by atoms with Crippen molar-refractivity contribution in [3.05, 3.63) is 53.7 Å². The summed E-state index contributed by atoms with van der Waals surface area (Å²) in [7, 11) is 0. The lowest BCUT2D eigenvalue weighted by molar-refractivity contribution is -0.126. The van der Waals surface area contributed by atoms with E-state index in [-0.39, 0.29) is 18.3 Å². The van der Waals surface area contributed by atoms with Gasteiger partial charge in [-0.1, -0.05) is 25.0 Å². The second-order valence-corrected chi connectivity index (χ2v) is 5.88. The van der Waals surface area contributed by atoms with E-state index in [2.05, 4.69) is 15.3 Å². The van der Waals surface area contributed by atoms with Gasteiger partial charge in [0.25, 0.3) is 0 Å². The molecule has 23 heavy (non-hydrogen) atoms. The molecular weight excluding hydrogens is 295 g/mol. The smallest absolute Gasteiger partial charge is 0.231 e. The van der Waals surface area contributed by atoms with Crippen LogP contribution in [0, 0.1) is 5.82 Å². The summed E-state index contributed by atoms with van der Waals surface area (Å²) in [5.74, 6) is 0.406. The molecule has 1 fully saturated rings. The third-order valence-corrected chi connectivity index (χ3v) is 4.40. The first-order valence-corrected chi connectivity index (χ1v) is 7.72. The number of carbonyl (C=O) groups excluding carboxylic acids is 1. The van der Waals surface area contributed by atoms with Crippen molar-refractivity contribution in [1.82, 2.24) is 15.3 Å². The minimum Gasteiger partial charge on any atom is -0.384 e. The van der Waals surface area contributed by atoms with Crippen molar-refractivity contribution in [1.29, 1.82) is 0 Å². The van der Waals surface area contributed by atoms with Crippen LogP contribution >= 0.6 is 0 Å². The Bertz CT molecular complexity index is 713. The number of nitrogens with zero attached hydrogens (tertiary/aromatic N) is 2. The lowest BCUT2D eigenvalue weighted by atomic mass is 9.78. The summed E-state index contributed by atoms with van der Waals surface area (Å²) in [6.45, 7) is 0.209. The predicted molar refractivity (Wildman–Crippen MR) is 84.8 cm³/mol. The summed E-state index contributed by atoms with van der Waals surface area (Å²) in [6, 6.07) is 7.92. The summed E-state index contributed by atoms with van der Waals surface area (Å²) in [4.78, 5) is 21.0. The van der Waals surface area contributed by atoms with E-state index in [0.717, 1.165) is 31.2 Å². The molecule has 0 aliphatic heterocycles. The van der Waals surface area contributed by atoms with Crippen LogP contribution in [0.3, 0.4) is 0 Å². The van der Waals surface area contributed by atoms with Crippen molar-refractivity contribution in [2.24, 2.45) is 0 Å². The molecule has 1 amide bonds. The number of halogens is 1. The van der Waals surface area contributed by atoms with Crippen LogP contribution in [0.4, 0.5) is 10.2 Å². The quantitative estimate of drug-likeness (QED) is 0.907. The minimum atomic E-state index is -0.664. The summed E-state index contributed by atoms with van der Waals surface area (Å²) in [5.41, 5.74) is 5.69. The highest BCUT2D eigenvalue weighted by atomic mass is 19.1. The Kier molecular flexibility index (Phi) is 4.23. The van der Waals surface area contributed by atoms with Gasteiger partial charge in [-0.2, -0.15) is 0 Å². The van der Waals surface area contributed by atoms with E-state index in [4.69, 9.17) is 5.73 Å². The van der Waals surface area contributed by atoms with Crippen molar-refractivity contribution in [3.63, 3.8) is 0 Å². The number of amides is 1. The van der Waals surface area contributed by atoms with Crippen molar-refractivity contribution >= 4 is 11.7 Å². The normalized spacial score (nSPS) is 16.2. The Morgan fingerprint density at radius 1 is 1.30 bits per heavy atom. The molecule has 0 bridgehead atoms. The van der Waals surface area contributed by atoms with Crippen LogP contribution in [-0.2, 0) is 16.8 Å². The summed E-state index contributed by atoms with van der Waals surface area (Å²) < 4.78 is 13.6. The second kappa shape index (κ2) is 6.32. The highest BCUT2D eigenvalue weighted by molar-refractivity contribution is 5.88. The fourth-order valence-electron chi connectivity index (χ4n) is 3.24. The predicted octanol–water partition coefficient (Wildman–Crippen LogP) is 2.33. The Hall–Kier alpha value is -2.50. The van der Waals surface area contributed by atoms with Crippen molar-refractivity contribution in [3.8, 4) is 0 Å². The molecule has 1 heterocycles. The Labute approximate surface area is 134 Å². The van der Waals surface area contributed by atoms with E-state index in [1.165, 1.54) is 12.1 Å². The molecule has 0 saturated heterocycles. The number of anilines is 1. The SMILES string of the molecule is Nc1ccnc(CNC(=O)C2(c3cccc(F)c3)CCCC2)n1. The van der Waals surface area contributed by atoms with Gasteiger partial charge in [-0.05, 0) is 36.6 Å². The maximum absolute atomic E-state index is 13.6. The van der Waals surface area contributed by atoms with E-state index in [0.29, 0.717) is 11.6 Å². The van der Waals surface area contributed by atoms with Gasteiger partial charge in [0.05, 0.1) is 12.0 Å². The first-order valence-electron chi connectivity index (χ1n) is 7.72. The third-order valence-electron chi connectivity index (χ3n) is 4.40. The number of benzene rings is 1. The fourth-order valence-corrected chi connectivity index (χ4v) is 3.24. The number of rotatable bonds is 4. The molecule has 3 N–H and O–H groups in total. The zero-order valence-corrected chi connectivity index (χ0v) is 12.8. The van der Waals surface area contributed by atoms with Crippen LogP contribution in [0.15, 0.2) is 36.5 Å². The molecule has 6 heteroatoms. The maximum Gasteiger partial charge on any atom is 0.231 e. The zero-order chi connectivity index (χ0) is 16.3. The van der Waals surface area contributed by atoms with E-state index >= 15 is 0 Å². The van der Waals surface area contributed by atoms with Crippen LogP contribution < -0.4 is 11.1 Å². The molecule has 2 aromatic rings. The van der Waals surface area contributed by atoms with E-state index < -0.39 is 5.41 Å². The number of hydrogen-bond acceptors (Lipinski definition) is 4. The monoisotopic (exact) mass is 314 g/mol. The van der Waals surface area contributed by atoms with E-state index in [1.54, 1.807) is 18.3 Å². The fraction of sp³-hybridized carbons (Fsp3) is 0.353. The molecule has 3 rings (SSSR count). The second-order valence-electron chi connectivity index (χ2n) is 5.88. The number of nitrogens with two attached hydrogens (primary N) is 1. The van der Waals surface area contributed by atoms with Crippen molar-refractivity contribution in [2.45, 2.75) is 37.6 Å². The molecule has 1 aromatic carbocycles. The van der Waals surface area contributed by atoms with Gasteiger partial charge in [-0.25, -0.2) is 14.4 Å². The summed E-state index contributed by atoms with van der Waals surface area (Å²) in [6.07, 6.45) is 4.92. The van der Waals surface area contributed by atoms with Crippen LogP contribution in [0.5, 0.6) is 0 Å². The van der Waals surface area contributed by atoms with Crippen LogP contribution in [0.25, 0.3) is 0 Å². The molecule has 1 aliphatic rings. The van der Waals surface area contributed by atoms with Crippen LogP contribution in [0.1, 0.15) is 37.1 Å². The van der Waals surface area contributed by atoms with E-state index in [9.17, 15) is 9.18 Å². The van der Waals surface area contributed by atoms with Gasteiger partial charge in [-0.15, -0.1) is 0 Å². The Morgan fingerprint density at radius 2 is 2.09 bits per heavy atom. The number of hydrogen-bond donors (Lipinski definition) is 2. The molecule has 0 spiro atoms. The standard InChI is InChI=1S/C17H19FN4O/c18-13-5-3-4-12(10-13)17(7-1-2-8-17)16(23)21-11-15-20-9-6-14(19)22-15/h3-6,9-10H,1-2,7-8,11H2,(H,21,23)(H2,19,20,22). The molecule has 0 atom stereocenters. The van der Waals surface area contributed by atoms with E-state index in [1.807, 2.05) is 6.07 Å². The third kappa shape index (κ3) is 3.16. The lowest BCUT2D eigenvalue weighted by Crippen LogP contribution is -2.42. The van der Waals surface area contributed by atoms with Gasteiger partial charge in [-0.3, -0.25) is 4.79 Å². The minimum absolute atomic E-state index is 0.105. The summed E-state index contributed by atoms with van der Waals surface area (Å²) >= 11 is 0. The van der Waals surface area contributed by atoms with Crippen molar-refractivity contribution in [2.75, 3.05) is 5.73 Å². The first kappa shape index (κ1) is 15.4. The molecule has 1 aliphatic carbocycles. The molecule has 1 saturated carbocycles. The molecule has 0 radical (unpaired) electrons. The average Bonchev–Trinajstić information content (AvgIpc) is 3.04. The maximum atomic E-state index is 13.6.